The molecule has 1 aliphatic heterocycles. The topological polar surface area (TPSA) is 61.8 Å². The molecule has 5 heteroatoms. The average molecular weight is 338 g/mol. The van der Waals surface area contributed by atoms with Gasteiger partial charge in [0.1, 0.15) is 11.9 Å². The van der Waals surface area contributed by atoms with Crippen LogP contribution in [0.3, 0.4) is 0 Å². The average Bonchev–Trinajstić information content (AvgIpc) is 3.11. The summed E-state index contributed by atoms with van der Waals surface area (Å²) in [4.78, 5) is 24.3. The van der Waals surface area contributed by atoms with Crippen LogP contribution in [0.25, 0.3) is 0 Å². The SMILES string of the molecule is C=C(OC(=O)c1ccccc1)[C@@H]1OCC[C@H]1OC(=O)c1ccccc1. The van der Waals surface area contributed by atoms with Crippen molar-refractivity contribution >= 4 is 11.9 Å². The van der Waals surface area contributed by atoms with Gasteiger partial charge in [-0.15, -0.1) is 0 Å². The monoisotopic (exact) mass is 338 g/mol. The summed E-state index contributed by atoms with van der Waals surface area (Å²) in [5.41, 5.74) is 0.875. The molecule has 0 aliphatic carbocycles. The van der Waals surface area contributed by atoms with E-state index in [0.29, 0.717) is 24.2 Å². The van der Waals surface area contributed by atoms with Crippen LogP contribution in [0.2, 0.25) is 0 Å². The molecule has 0 bridgehead atoms. The van der Waals surface area contributed by atoms with Crippen LogP contribution in [-0.2, 0) is 14.2 Å². The molecule has 2 atom stereocenters. The van der Waals surface area contributed by atoms with Gasteiger partial charge in [0.15, 0.2) is 6.10 Å². The van der Waals surface area contributed by atoms with Crippen molar-refractivity contribution in [3.05, 3.63) is 84.1 Å². The molecule has 1 aliphatic rings. The van der Waals surface area contributed by atoms with Crippen molar-refractivity contribution in [2.24, 2.45) is 0 Å². The van der Waals surface area contributed by atoms with Crippen molar-refractivity contribution in [2.75, 3.05) is 6.61 Å². The van der Waals surface area contributed by atoms with E-state index in [-0.39, 0.29) is 5.76 Å². The molecule has 3 rings (SSSR count). The summed E-state index contributed by atoms with van der Waals surface area (Å²) >= 11 is 0. The van der Waals surface area contributed by atoms with Crippen LogP contribution < -0.4 is 0 Å². The highest BCUT2D eigenvalue weighted by atomic mass is 16.6. The number of rotatable bonds is 5. The van der Waals surface area contributed by atoms with E-state index in [4.69, 9.17) is 14.2 Å². The third kappa shape index (κ3) is 4.14. The molecule has 2 aromatic rings. The van der Waals surface area contributed by atoms with Gasteiger partial charge in [-0.3, -0.25) is 0 Å². The third-order valence-electron chi connectivity index (χ3n) is 3.86. The van der Waals surface area contributed by atoms with E-state index in [0.717, 1.165) is 0 Å². The highest BCUT2D eigenvalue weighted by Crippen LogP contribution is 2.25. The van der Waals surface area contributed by atoms with E-state index in [1.165, 1.54) is 0 Å². The lowest BCUT2D eigenvalue weighted by molar-refractivity contribution is -0.00448. The van der Waals surface area contributed by atoms with Crippen LogP contribution in [0.1, 0.15) is 27.1 Å². The van der Waals surface area contributed by atoms with Gasteiger partial charge in [0, 0.05) is 6.42 Å². The van der Waals surface area contributed by atoms with Crippen LogP contribution in [0, 0.1) is 0 Å². The molecule has 25 heavy (non-hydrogen) atoms. The van der Waals surface area contributed by atoms with Crippen molar-refractivity contribution in [3.8, 4) is 0 Å². The third-order valence-corrected chi connectivity index (χ3v) is 3.86. The summed E-state index contributed by atoms with van der Waals surface area (Å²) in [6.45, 7) is 4.18. The smallest absolute Gasteiger partial charge is 0.343 e. The van der Waals surface area contributed by atoms with Crippen molar-refractivity contribution in [1.82, 2.24) is 0 Å². The summed E-state index contributed by atoms with van der Waals surface area (Å²) < 4.78 is 16.3. The van der Waals surface area contributed by atoms with E-state index < -0.39 is 24.1 Å². The first kappa shape index (κ1) is 16.9. The second kappa shape index (κ2) is 7.77. The van der Waals surface area contributed by atoms with Gasteiger partial charge in [-0.1, -0.05) is 43.0 Å². The fraction of sp³-hybridized carbons (Fsp3) is 0.200. The van der Waals surface area contributed by atoms with Crippen molar-refractivity contribution < 1.29 is 23.8 Å². The van der Waals surface area contributed by atoms with Crippen LogP contribution in [0.15, 0.2) is 73.0 Å². The molecule has 1 heterocycles. The Morgan fingerprint density at radius 2 is 1.48 bits per heavy atom. The largest absolute Gasteiger partial charge is 0.455 e. The fourth-order valence-corrected chi connectivity index (χ4v) is 2.58. The predicted octanol–water partition coefficient (Wildman–Crippen LogP) is 3.37. The number of ether oxygens (including phenoxy) is 3. The molecular weight excluding hydrogens is 320 g/mol. The highest BCUT2D eigenvalue weighted by molar-refractivity contribution is 5.90. The standard InChI is InChI=1S/C20H18O5/c1-14(24-19(21)15-8-4-2-5-9-15)18-17(12-13-23-18)25-20(22)16-10-6-3-7-11-16/h2-11,17-18H,1,12-13H2/t17-,18+/m1/s1. The van der Waals surface area contributed by atoms with Crippen LogP contribution in [-0.4, -0.2) is 30.8 Å². The summed E-state index contributed by atoms with van der Waals surface area (Å²) in [6, 6.07) is 17.3. The Labute approximate surface area is 145 Å². The Morgan fingerprint density at radius 1 is 0.920 bits per heavy atom. The van der Waals surface area contributed by atoms with Crippen LogP contribution in [0.4, 0.5) is 0 Å². The molecule has 2 aromatic carbocycles. The zero-order chi connectivity index (χ0) is 17.6. The first-order valence-electron chi connectivity index (χ1n) is 7.99. The second-order valence-corrected chi connectivity index (χ2v) is 5.61. The van der Waals surface area contributed by atoms with Gasteiger partial charge in [0.25, 0.3) is 0 Å². The molecule has 0 aromatic heterocycles. The minimum absolute atomic E-state index is 0.136. The number of carbonyl (C=O) groups is 2. The zero-order valence-corrected chi connectivity index (χ0v) is 13.6. The lowest BCUT2D eigenvalue weighted by Gasteiger charge is -2.20. The number of hydrogen-bond acceptors (Lipinski definition) is 5. The molecule has 0 radical (unpaired) electrons. The molecule has 128 valence electrons. The summed E-state index contributed by atoms with van der Waals surface area (Å²) in [6.07, 6.45) is -0.686. The van der Waals surface area contributed by atoms with Gasteiger partial charge >= 0.3 is 11.9 Å². The minimum atomic E-state index is -0.666. The highest BCUT2D eigenvalue weighted by Gasteiger charge is 2.36. The van der Waals surface area contributed by atoms with E-state index in [9.17, 15) is 9.59 Å². The van der Waals surface area contributed by atoms with E-state index in [1.807, 2.05) is 12.1 Å². The van der Waals surface area contributed by atoms with Crippen LogP contribution >= 0.6 is 0 Å². The predicted molar refractivity (Wildman–Crippen MR) is 91.0 cm³/mol. The maximum atomic E-state index is 12.2. The molecule has 0 N–H and O–H groups in total. The van der Waals surface area contributed by atoms with E-state index in [2.05, 4.69) is 6.58 Å². The summed E-state index contributed by atoms with van der Waals surface area (Å²) in [5, 5.41) is 0. The van der Waals surface area contributed by atoms with Crippen LogP contribution in [0.5, 0.6) is 0 Å². The molecular formula is C20H18O5. The van der Waals surface area contributed by atoms with Gasteiger partial charge in [-0.2, -0.15) is 0 Å². The minimum Gasteiger partial charge on any atom is -0.455 e. The first-order valence-corrected chi connectivity index (χ1v) is 7.99. The molecule has 0 unspecified atom stereocenters. The Balaban J connectivity index is 1.62. The van der Waals surface area contributed by atoms with E-state index in [1.54, 1.807) is 48.5 Å². The molecule has 0 amide bonds. The van der Waals surface area contributed by atoms with Gasteiger partial charge in [0.2, 0.25) is 0 Å². The number of hydrogen-bond donors (Lipinski definition) is 0. The molecule has 0 saturated carbocycles. The lowest BCUT2D eigenvalue weighted by Crippen LogP contribution is -2.30. The summed E-state index contributed by atoms with van der Waals surface area (Å²) in [5.74, 6) is -0.824. The normalized spacial score (nSPS) is 19.2. The van der Waals surface area contributed by atoms with Gasteiger partial charge < -0.3 is 14.2 Å². The molecule has 0 spiro atoms. The number of carbonyl (C=O) groups excluding carboxylic acids is 2. The van der Waals surface area contributed by atoms with Crippen molar-refractivity contribution in [3.63, 3.8) is 0 Å². The Kier molecular flexibility index (Phi) is 5.26. The maximum absolute atomic E-state index is 12.2. The first-order chi connectivity index (χ1) is 12.1. The summed E-state index contributed by atoms with van der Waals surface area (Å²) in [7, 11) is 0. The number of benzene rings is 2. The Bertz CT molecular complexity index is 754. The molecule has 5 nitrogen and oxygen atoms in total. The van der Waals surface area contributed by atoms with Gasteiger partial charge in [-0.25, -0.2) is 9.59 Å². The fourth-order valence-electron chi connectivity index (χ4n) is 2.58. The quantitative estimate of drug-likeness (QED) is 0.618. The van der Waals surface area contributed by atoms with Gasteiger partial charge in [0.05, 0.1) is 17.7 Å². The van der Waals surface area contributed by atoms with Crippen molar-refractivity contribution in [2.45, 2.75) is 18.6 Å². The van der Waals surface area contributed by atoms with Gasteiger partial charge in [-0.05, 0) is 24.3 Å². The Hall–Kier alpha value is -2.92. The zero-order valence-electron chi connectivity index (χ0n) is 13.6. The molecule has 1 fully saturated rings. The number of esters is 2. The van der Waals surface area contributed by atoms with Crippen molar-refractivity contribution in [1.29, 1.82) is 0 Å². The maximum Gasteiger partial charge on any atom is 0.343 e. The Morgan fingerprint density at radius 3 is 2.08 bits per heavy atom. The second-order valence-electron chi connectivity index (χ2n) is 5.61. The lowest BCUT2D eigenvalue weighted by atomic mass is 10.1. The molecule has 1 saturated heterocycles. The van der Waals surface area contributed by atoms with E-state index >= 15 is 0 Å².